The number of fused-ring (bicyclic) bond motifs is 1. The summed E-state index contributed by atoms with van der Waals surface area (Å²) in [6.45, 7) is 6.79. The Morgan fingerprint density at radius 2 is 1.88 bits per heavy atom. The topological polar surface area (TPSA) is 90.9 Å². The molecule has 3 aromatic rings. The van der Waals surface area contributed by atoms with Crippen molar-refractivity contribution >= 4 is 17.1 Å². The van der Waals surface area contributed by atoms with Crippen LogP contribution in [-0.4, -0.2) is 30.6 Å². The number of imidazole rings is 1. The van der Waals surface area contributed by atoms with Gasteiger partial charge in [0.2, 0.25) is 5.91 Å². The van der Waals surface area contributed by atoms with Gasteiger partial charge in [0, 0.05) is 12.6 Å². The van der Waals surface area contributed by atoms with Gasteiger partial charge < -0.3 is 9.88 Å². The zero-order chi connectivity index (χ0) is 22.8. The number of amides is 1. The molecule has 1 saturated carbocycles. The zero-order valence-electron chi connectivity index (χ0n) is 19.0. The van der Waals surface area contributed by atoms with E-state index in [1.807, 2.05) is 37.3 Å². The summed E-state index contributed by atoms with van der Waals surface area (Å²) in [4.78, 5) is 43.8. The van der Waals surface area contributed by atoms with Crippen LogP contribution >= 0.6 is 0 Å². The fourth-order valence-corrected chi connectivity index (χ4v) is 4.71. The standard InChI is InChI=1S/C24H31N5O3/c1-4-27-15-25-22-21(27)23(31)29(24(32)28(22)13-18-10-6-5-7-11-18)14-20(30)26-19-12-8-9-16(2)17(19)3/h5-7,10-11,15-17,19H,4,8-9,12-14H2,1-3H3,(H,26,30). The zero-order valence-corrected chi connectivity index (χ0v) is 19.0. The van der Waals surface area contributed by atoms with Gasteiger partial charge in [-0.1, -0.05) is 57.0 Å². The SMILES string of the molecule is CCn1cnc2c1c(=O)n(CC(=O)NC1CCCC(C)C1C)c(=O)n2Cc1ccccc1. The summed E-state index contributed by atoms with van der Waals surface area (Å²) in [5, 5.41) is 3.07. The molecule has 3 unspecified atom stereocenters. The first-order valence-corrected chi connectivity index (χ1v) is 11.4. The lowest BCUT2D eigenvalue weighted by molar-refractivity contribution is -0.123. The third-order valence-electron chi connectivity index (χ3n) is 6.86. The summed E-state index contributed by atoms with van der Waals surface area (Å²) in [6, 6.07) is 9.62. The lowest BCUT2D eigenvalue weighted by Gasteiger charge is -2.34. The Kier molecular flexibility index (Phi) is 6.30. The van der Waals surface area contributed by atoms with Crippen LogP contribution in [0.5, 0.6) is 0 Å². The lowest BCUT2D eigenvalue weighted by Crippen LogP contribution is -2.48. The minimum absolute atomic E-state index is 0.0680. The Balaban J connectivity index is 1.71. The van der Waals surface area contributed by atoms with Crippen LogP contribution in [0.1, 0.15) is 45.6 Å². The van der Waals surface area contributed by atoms with E-state index in [-0.39, 0.29) is 25.0 Å². The maximum absolute atomic E-state index is 13.3. The van der Waals surface area contributed by atoms with Crippen molar-refractivity contribution in [2.75, 3.05) is 0 Å². The van der Waals surface area contributed by atoms with Crippen molar-refractivity contribution in [2.24, 2.45) is 11.8 Å². The Labute approximate surface area is 186 Å². The third-order valence-corrected chi connectivity index (χ3v) is 6.86. The second-order valence-electron chi connectivity index (χ2n) is 8.89. The summed E-state index contributed by atoms with van der Waals surface area (Å²) in [5.74, 6) is 0.599. The van der Waals surface area contributed by atoms with E-state index in [4.69, 9.17) is 0 Å². The predicted molar refractivity (Wildman–Crippen MR) is 124 cm³/mol. The molecule has 1 aliphatic carbocycles. The number of carbonyl (C=O) groups is 1. The minimum Gasteiger partial charge on any atom is -0.352 e. The molecule has 0 aliphatic heterocycles. The first-order chi connectivity index (χ1) is 15.4. The average molecular weight is 438 g/mol. The first-order valence-electron chi connectivity index (χ1n) is 11.4. The molecule has 2 aromatic heterocycles. The Morgan fingerprint density at radius 3 is 2.59 bits per heavy atom. The summed E-state index contributed by atoms with van der Waals surface area (Å²) in [7, 11) is 0. The highest BCUT2D eigenvalue weighted by atomic mass is 16.2. The molecule has 0 bridgehead atoms. The second-order valence-corrected chi connectivity index (χ2v) is 8.89. The fourth-order valence-electron chi connectivity index (χ4n) is 4.71. The van der Waals surface area contributed by atoms with Crippen molar-refractivity contribution in [1.29, 1.82) is 0 Å². The van der Waals surface area contributed by atoms with Crippen molar-refractivity contribution in [3.8, 4) is 0 Å². The Bertz CT molecular complexity index is 1220. The summed E-state index contributed by atoms with van der Waals surface area (Å²) in [5.41, 5.74) is 0.607. The highest BCUT2D eigenvalue weighted by Crippen LogP contribution is 2.29. The smallest absolute Gasteiger partial charge is 0.333 e. The van der Waals surface area contributed by atoms with Crippen LogP contribution in [0.15, 0.2) is 46.2 Å². The number of carbonyl (C=O) groups excluding carboxylic acids is 1. The Morgan fingerprint density at radius 1 is 1.12 bits per heavy atom. The maximum atomic E-state index is 13.3. The van der Waals surface area contributed by atoms with Crippen molar-refractivity contribution in [3.63, 3.8) is 0 Å². The molecule has 1 amide bonds. The van der Waals surface area contributed by atoms with Crippen LogP contribution in [0.25, 0.3) is 11.2 Å². The number of nitrogens with zero attached hydrogens (tertiary/aromatic N) is 4. The van der Waals surface area contributed by atoms with Crippen molar-refractivity contribution in [1.82, 2.24) is 24.0 Å². The molecule has 170 valence electrons. The van der Waals surface area contributed by atoms with E-state index in [9.17, 15) is 14.4 Å². The van der Waals surface area contributed by atoms with Crippen LogP contribution in [0, 0.1) is 11.8 Å². The number of nitrogens with one attached hydrogen (secondary N) is 1. The van der Waals surface area contributed by atoms with Gasteiger partial charge in [-0.3, -0.25) is 14.2 Å². The monoisotopic (exact) mass is 437 g/mol. The van der Waals surface area contributed by atoms with Crippen LogP contribution in [0.4, 0.5) is 0 Å². The molecule has 1 N–H and O–H groups in total. The van der Waals surface area contributed by atoms with Crippen LogP contribution in [0.3, 0.4) is 0 Å². The van der Waals surface area contributed by atoms with E-state index in [2.05, 4.69) is 24.1 Å². The third kappa shape index (κ3) is 4.13. The quantitative estimate of drug-likeness (QED) is 0.641. The molecule has 8 heteroatoms. The highest BCUT2D eigenvalue weighted by Gasteiger charge is 2.28. The van der Waals surface area contributed by atoms with E-state index in [0.717, 1.165) is 29.4 Å². The normalized spacial score (nSPS) is 21.0. The number of hydrogen-bond acceptors (Lipinski definition) is 4. The minimum atomic E-state index is -0.520. The second kappa shape index (κ2) is 9.14. The molecule has 1 aromatic carbocycles. The van der Waals surface area contributed by atoms with Crippen molar-refractivity contribution in [3.05, 3.63) is 63.1 Å². The van der Waals surface area contributed by atoms with E-state index < -0.39 is 11.2 Å². The van der Waals surface area contributed by atoms with Gasteiger partial charge in [-0.2, -0.15) is 0 Å². The molecule has 4 rings (SSSR count). The first kappa shape index (κ1) is 22.0. The molecule has 0 radical (unpaired) electrons. The molecule has 1 fully saturated rings. The molecular weight excluding hydrogens is 406 g/mol. The van der Waals surface area contributed by atoms with Gasteiger partial charge in [0.25, 0.3) is 5.56 Å². The molecule has 3 atom stereocenters. The van der Waals surface area contributed by atoms with E-state index >= 15 is 0 Å². The highest BCUT2D eigenvalue weighted by molar-refractivity contribution is 5.77. The fraction of sp³-hybridized carbons (Fsp3) is 0.500. The Hall–Kier alpha value is -3.16. The van der Waals surface area contributed by atoms with E-state index in [1.54, 1.807) is 10.9 Å². The van der Waals surface area contributed by atoms with Crippen LogP contribution in [-0.2, 0) is 24.4 Å². The maximum Gasteiger partial charge on any atom is 0.333 e. The number of aromatic nitrogens is 4. The van der Waals surface area contributed by atoms with Gasteiger partial charge >= 0.3 is 5.69 Å². The van der Waals surface area contributed by atoms with Crippen LogP contribution in [0.2, 0.25) is 0 Å². The molecule has 2 heterocycles. The van der Waals surface area contributed by atoms with Gasteiger partial charge in [0.1, 0.15) is 6.54 Å². The molecule has 1 aliphatic rings. The number of benzene rings is 1. The lowest BCUT2D eigenvalue weighted by atomic mass is 9.78. The van der Waals surface area contributed by atoms with Gasteiger partial charge in [0.15, 0.2) is 11.2 Å². The van der Waals surface area contributed by atoms with Crippen molar-refractivity contribution < 1.29 is 4.79 Å². The molecule has 0 saturated heterocycles. The van der Waals surface area contributed by atoms with E-state index in [1.165, 1.54) is 4.57 Å². The molecule has 32 heavy (non-hydrogen) atoms. The predicted octanol–water partition coefficient (Wildman–Crippen LogP) is 2.37. The molecule has 8 nitrogen and oxygen atoms in total. The number of aryl methyl sites for hydroxylation is 1. The summed E-state index contributed by atoms with van der Waals surface area (Å²) >= 11 is 0. The van der Waals surface area contributed by atoms with Gasteiger partial charge in [0.05, 0.1) is 12.9 Å². The van der Waals surface area contributed by atoms with Gasteiger partial charge in [-0.15, -0.1) is 0 Å². The van der Waals surface area contributed by atoms with Gasteiger partial charge in [-0.25, -0.2) is 14.3 Å². The van der Waals surface area contributed by atoms with Gasteiger partial charge in [-0.05, 0) is 30.7 Å². The van der Waals surface area contributed by atoms with Crippen LogP contribution < -0.4 is 16.6 Å². The molecule has 0 spiro atoms. The summed E-state index contributed by atoms with van der Waals surface area (Å²) in [6.07, 6.45) is 4.73. The summed E-state index contributed by atoms with van der Waals surface area (Å²) < 4.78 is 4.25. The van der Waals surface area contributed by atoms with Crippen molar-refractivity contribution in [2.45, 2.75) is 65.7 Å². The molecular formula is C24H31N5O3. The largest absolute Gasteiger partial charge is 0.352 e. The average Bonchev–Trinajstić information content (AvgIpc) is 3.22. The van der Waals surface area contributed by atoms with E-state index in [0.29, 0.717) is 29.5 Å². The number of hydrogen-bond donors (Lipinski definition) is 1. The number of rotatable bonds is 6.